The van der Waals surface area contributed by atoms with Crippen molar-refractivity contribution in [1.82, 2.24) is 4.98 Å². The van der Waals surface area contributed by atoms with Gasteiger partial charge in [-0.05, 0) is 12.3 Å². The van der Waals surface area contributed by atoms with E-state index in [2.05, 4.69) is 11.9 Å². The zero-order chi connectivity index (χ0) is 8.72. The molecule has 0 saturated heterocycles. The number of carboxylic acids is 1. The zero-order valence-corrected chi connectivity index (χ0v) is 6.65. The quantitative estimate of drug-likeness (QED) is 0.724. The Bertz CT molecular complexity index is 318. The number of hydrogen-bond donors (Lipinski definition) is 1. The summed E-state index contributed by atoms with van der Waals surface area (Å²) < 4.78 is 5.03. The van der Waals surface area contributed by atoms with Crippen molar-refractivity contribution in [3.63, 3.8) is 0 Å². The van der Waals surface area contributed by atoms with E-state index < -0.39 is 5.97 Å². The van der Waals surface area contributed by atoms with Crippen LogP contribution >= 0.6 is 0 Å². The highest BCUT2D eigenvalue weighted by Crippen LogP contribution is 2.46. The topological polar surface area (TPSA) is 63.3 Å². The summed E-state index contributed by atoms with van der Waals surface area (Å²) in [6, 6.07) is 0. The molecule has 1 aliphatic rings. The predicted octanol–water partition coefficient (Wildman–Crippen LogP) is 1.50. The molecule has 0 radical (unpaired) electrons. The first-order valence-corrected chi connectivity index (χ1v) is 3.87. The van der Waals surface area contributed by atoms with Crippen LogP contribution in [0.1, 0.15) is 35.6 Å². The number of hydrogen-bond acceptors (Lipinski definition) is 3. The van der Waals surface area contributed by atoms with Crippen molar-refractivity contribution in [3.8, 4) is 0 Å². The number of rotatable bonds is 2. The lowest BCUT2D eigenvalue weighted by molar-refractivity contribution is 0.0690. The molecule has 1 heterocycles. The highest BCUT2D eigenvalue weighted by molar-refractivity contribution is 5.84. The summed E-state index contributed by atoms with van der Waals surface area (Å²) in [4.78, 5) is 14.3. The molecule has 4 heteroatoms. The van der Waals surface area contributed by atoms with Gasteiger partial charge in [0.15, 0.2) is 11.6 Å². The molecule has 1 aromatic rings. The van der Waals surface area contributed by atoms with Crippen LogP contribution in [-0.2, 0) is 0 Å². The van der Waals surface area contributed by atoms with Gasteiger partial charge in [0.25, 0.3) is 0 Å². The smallest absolute Gasteiger partial charge is 0.357 e. The average Bonchev–Trinajstić information content (AvgIpc) is 2.59. The minimum absolute atomic E-state index is 0.00380. The lowest BCUT2D eigenvalue weighted by atomic mass is 10.3. The zero-order valence-electron chi connectivity index (χ0n) is 6.65. The molecule has 0 unspecified atom stereocenters. The number of aromatic carboxylic acids is 1. The molecule has 2 atom stereocenters. The Balaban J connectivity index is 2.19. The molecule has 0 amide bonds. The van der Waals surface area contributed by atoms with Crippen molar-refractivity contribution >= 4 is 5.97 Å². The Kier molecular flexibility index (Phi) is 1.43. The fourth-order valence-corrected chi connectivity index (χ4v) is 1.22. The van der Waals surface area contributed by atoms with Gasteiger partial charge in [0.05, 0.1) is 0 Å². The minimum Gasteiger partial charge on any atom is -0.476 e. The lowest BCUT2D eigenvalue weighted by Gasteiger charge is -1.85. The van der Waals surface area contributed by atoms with Crippen molar-refractivity contribution in [3.05, 3.63) is 17.8 Å². The van der Waals surface area contributed by atoms with Gasteiger partial charge >= 0.3 is 5.97 Å². The highest BCUT2D eigenvalue weighted by atomic mass is 16.4. The van der Waals surface area contributed by atoms with E-state index in [1.165, 1.54) is 6.26 Å². The maximum Gasteiger partial charge on any atom is 0.357 e. The van der Waals surface area contributed by atoms with Crippen LogP contribution in [0.25, 0.3) is 0 Å². The predicted molar refractivity (Wildman–Crippen MR) is 40.0 cm³/mol. The van der Waals surface area contributed by atoms with Crippen LogP contribution in [0.4, 0.5) is 0 Å². The highest BCUT2D eigenvalue weighted by Gasteiger charge is 2.38. The van der Waals surface area contributed by atoms with Gasteiger partial charge in [-0.2, -0.15) is 0 Å². The van der Waals surface area contributed by atoms with Gasteiger partial charge in [-0.3, -0.25) is 0 Å². The summed E-state index contributed by atoms with van der Waals surface area (Å²) in [7, 11) is 0. The maximum absolute atomic E-state index is 10.4. The third-order valence-electron chi connectivity index (χ3n) is 2.17. The Morgan fingerprint density at radius 3 is 2.92 bits per heavy atom. The van der Waals surface area contributed by atoms with E-state index in [0.29, 0.717) is 17.7 Å². The second-order valence-corrected chi connectivity index (χ2v) is 3.20. The Hall–Kier alpha value is -1.32. The van der Waals surface area contributed by atoms with E-state index in [1.54, 1.807) is 0 Å². The van der Waals surface area contributed by atoms with E-state index in [9.17, 15) is 4.79 Å². The van der Waals surface area contributed by atoms with Gasteiger partial charge < -0.3 is 9.52 Å². The maximum atomic E-state index is 10.4. The van der Waals surface area contributed by atoms with E-state index in [1.807, 2.05) is 0 Å². The van der Waals surface area contributed by atoms with Gasteiger partial charge in [0.1, 0.15) is 6.26 Å². The first-order valence-electron chi connectivity index (χ1n) is 3.87. The fraction of sp³-hybridized carbons (Fsp3) is 0.500. The molecule has 1 saturated carbocycles. The molecule has 0 aromatic carbocycles. The Morgan fingerprint density at radius 1 is 1.83 bits per heavy atom. The van der Waals surface area contributed by atoms with E-state index >= 15 is 0 Å². The van der Waals surface area contributed by atoms with E-state index in [4.69, 9.17) is 9.52 Å². The summed E-state index contributed by atoms with van der Waals surface area (Å²) in [5, 5.41) is 8.54. The van der Waals surface area contributed by atoms with Crippen LogP contribution < -0.4 is 0 Å². The van der Waals surface area contributed by atoms with Gasteiger partial charge in [0.2, 0.25) is 0 Å². The normalized spacial score (nSPS) is 27.1. The number of carboxylic acid groups (broad SMARTS) is 1. The van der Waals surface area contributed by atoms with Crippen LogP contribution in [0.3, 0.4) is 0 Å². The molecule has 4 nitrogen and oxygen atoms in total. The molecule has 0 aliphatic heterocycles. The largest absolute Gasteiger partial charge is 0.476 e. The van der Waals surface area contributed by atoms with Gasteiger partial charge in [-0.25, -0.2) is 9.78 Å². The molecular formula is C8H9NO3. The van der Waals surface area contributed by atoms with Crippen molar-refractivity contribution in [2.45, 2.75) is 19.3 Å². The van der Waals surface area contributed by atoms with Crippen molar-refractivity contribution in [2.75, 3.05) is 0 Å². The number of oxazole rings is 1. The molecule has 1 aliphatic carbocycles. The van der Waals surface area contributed by atoms with Gasteiger partial charge in [-0.1, -0.05) is 6.92 Å². The first kappa shape index (κ1) is 7.34. The van der Waals surface area contributed by atoms with Crippen molar-refractivity contribution in [2.24, 2.45) is 5.92 Å². The van der Waals surface area contributed by atoms with Gasteiger partial charge in [-0.15, -0.1) is 0 Å². The third-order valence-corrected chi connectivity index (χ3v) is 2.17. The molecule has 1 N–H and O–H groups in total. The van der Waals surface area contributed by atoms with Crippen molar-refractivity contribution < 1.29 is 14.3 Å². The van der Waals surface area contributed by atoms with Crippen LogP contribution in [0.15, 0.2) is 10.7 Å². The molecule has 64 valence electrons. The second kappa shape index (κ2) is 2.33. The molecule has 0 bridgehead atoms. The lowest BCUT2D eigenvalue weighted by Crippen LogP contribution is -1.96. The minimum atomic E-state index is -1.03. The molecule has 1 aromatic heterocycles. The number of carbonyl (C=O) groups is 1. The monoisotopic (exact) mass is 167 g/mol. The average molecular weight is 167 g/mol. The summed E-state index contributed by atoms with van der Waals surface area (Å²) in [5.41, 5.74) is 0.00380. The summed E-state index contributed by atoms with van der Waals surface area (Å²) >= 11 is 0. The standard InChI is InChI=1S/C8H9NO3/c1-4-2-5(4)7-9-6(3-12-7)8(10)11/h3-5H,2H2,1H3,(H,10,11)/t4-,5-/m0/s1. The van der Waals surface area contributed by atoms with Crippen molar-refractivity contribution in [1.29, 1.82) is 0 Å². The van der Waals surface area contributed by atoms with E-state index in [-0.39, 0.29) is 5.69 Å². The number of nitrogens with zero attached hydrogens (tertiary/aromatic N) is 1. The summed E-state index contributed by atoms with van der Waals surface area (Å²) in [5.74, 6) is 0.474. The number of aromatic nitrogens is 1. The summed E-state index contributed by atoms with van der Waals surface area (Å²) in [6.45, 7) is 2.09. The van der Waals surface area contributed by atoms with Gasteiger partial charge in [0, 0.05) is 5.92 Å². The molecule has 12 heavy (non-hydrogen) atoms. The van der Waals surface area contributed by atoms with Crippen LogP contribution in [0.2, 0.25) is 0 Å². The SMILES string of the molecule is C[C@H]1C[C@@H]1c1nc(C(=O)O)co1. The molecular weight excluding hydrogens is 158 g/mol. The molecule has 1 fully saturated rings. The fourth-order valence-electron chi connectivity index (χ4n) is 1.22. The van der Waals surface area contributed by atoms with Crippen LogP contribution in [0.5, 0.6) is 0 Å². The Morgan fingerprint density at radius 2 is 2.50 bits per heavy atom. The summed E-state index contributed by atoms with van der Waals surface area (Å²) in [6.07, 6.45) is 2.25. The molecule has 0 spiro atoms. The third kappa shape index (κ3) is 1.09. The van der Waals surface area contributed by atoms with Crippen LogP contribution in [-0.4, -0.2) is 16.1 Å². The van der Waals surface area contributed by atoms with Crippen LogP contribution in [0, 0.1) is 5.92 Å². The second-order valence-electron chi connectivity index (χ2n) is 3.20. The van der Waals surface area contributed by atoms with E-state index in [0.717, 1.165) is 6.42 Å². The first-order chi connectivity index (χ1) is 5.68. The molecule has 2 rings (SSSR count). The Labute approximate surface area is 69.2 Å².